The number of hydrogen-bond donors (Lipinski definition) is 2. The first-order valence-corrected chi connectivity index (χ1v) is 10.0. The van der Waals surface area contributed by atoms with Gasteiger partial charge >= 0.3 is 6.18 Å². The predicted octanol–water partition coefficient (Wildman–Crippen LogP) is 5.90. The average molecular weight is 433 g/mol. The minimum Gasteiger partial charge on any atom is -0.493 e. The maximum Gasteiger partial charge on any atom is 0.416 e. The van der Waals surface area contributed by atoms with Crippen LogP contribution in [0.4, 0.5) is 18.9 Å². The Kier molecular flexibility index (Phi) is 6.90. The second-order valence-electron chi connectivity index (χ2n) is 7.41. The molecule has 0 amide bonds. The topological polar surface area (TPSA) is 69.4 Å². The molecule has 1 atom stereocenters. The largest absolute Gasteiger partial charge is 0.493 e. The summed E-state index contributed by atoms with van der Waals surface area (Å²) in [7, 11) is 1.52. The summed E-state index contributed by atoms with van der Waals surface area (Å²) in [5.74, 6) is 1.13. The van der Waals surface area contributed by atoms with E-state index in [1.807, 2.05) is 13.0 Å². The molecule has 0 saturated carbocycles. The van der Waals surface area contributed by atoms with Gasteiger partial charge in [0.05, 0.1) is 29.3 Å². The van der Waals surface area contributed by atoms with E-state index in [0.717, 1.165) is 41.6 Å². The predicted molar refractivity (Wildman–Crippen MR) is 116 cm³/mol. The van der Waals surface area contributed by atoms with Crippen LogP contribution in [0.2, 0.25) is 0 Å². The summed E-state index contributed by atoms with van der Waals surface area (Å²) >= 11 is 0. The van der Waals surface area contributed by atoms with Crippen molar-refractivity contribution in [3.8, 4) is 17.2 Å². The number of aryl methyl sites for hydroxylation is 1. The van der Waals surface area contributed by atoms with Gasteiger partial charge in [0, 0.05) is 18.3 Å². The quantitative estimate of drug-likeness (QED) is 0.463. The SMILES string of the molecule is COc1cc(NC(C)CCCN)c2nccc(C)c2c1Oc1ccc(C(F)(F)F)cc1. The lowest BCUT2D eigenvalue weighted by atomic mass is 10.1. The maximum atomic E-state index is 12.9. The highest BCUT2D eigenvalue weighted by molar-refractivity contribution is 5.99. The number of ether oxygens (including phenoxy) is 2. The lowest BCUT2D eigenvalue weighted by molar-refractivity contribution is -0.137. The second-order valence-corrected chi connectivity index (χ2v) is 7.41. The second kappa shape index (κ2) is 9.43. The van der Waals surface area contributed by atoms with E-state index in [2.05, 4.69) is 17.2 Å². The van der Waals surface area contributed by atoms with Gasteiger partial charge in [0.2, 0.25) is 0 Å². The van der Waals surface area contributed by atoms with Crippen LogP contribution in [0.5, 0.6) is 17.2 Å². The van der Waals surface area contributed by atoms with Crippen molar-refractivity contribution in [1.82, 2.24) is 4.98 Å². The van der Waals surface area contributed by atoms with E-state index in [9.17, 15) is 13.2 Å². The van der Waals surface area contributed by atoms with Crippen LogP contribution < -0.4 is 20.5 Å². The van der Waals surface area contributed by atoms with Crippen LogP contribution in [-0.2, 0) is 6.18 Å². The monoisotopic (exact) mass is 433 g/mol. The van der Waals surface area contributed by atoms with Gasteiger partial charge in [0.1, 0.15) is 5.75 Å². The molecule has 1 unspecified atom stereocenters. The van der Waals surface area contributed by atoms with E-state index in [4.69, 9.17) is 15.2 Å². The summed E-state index contributed by atoms with van der Waals surface area (Å²) in [5.41, 5.74) is 7.27. The molecule has 2 aromatic carbocycles. The molecule has 8 heteroatoms. The summed E-state index contributed by atoms with van der Waals surface area (Å²) in [6.07, 6.45) is -0.903. The van der Waals surface area contributed by atoms with Crippen molar-refractivity contribution in [2.45, 2.75) is 38.9 Å². The van der Waals surface area contributed by atoms with Gasteiger partial charge in [-0.15, -0.1) is 0 Å². The zero-order valence-corrected chi connectivity index (χ0v) is 17.7. The van der Waals surface area contributed by atoms with Gasteiger partial charge in [-0.25, -0.2) is 0 Å². The fourth-order valence-corrected chi connectivity index (χ4v) is 3.39. The molecule has 1 heterocycles. The lowest BCUT2D eigenvalue weighted by Crippen LogP contribution is -2.17. The highest BCUT2D eigenvalue weighted by Crippen LogP contribution is 2.43. The Balaban J connectivity index is 2.04. The van der Waals surface area contributed by atoms with E-state index in [1.165, 1.54) is 19.2 Å². The summed E-state index contributed by atoms with van der Waals surface area (Å²) in [5, 5.41) is 4.19. The lowest BCUT2D eigenvalue weighted by Gasteiger charge is -2.20. The van der Waals surface area contributed by atoms with Gasteiger partial charge in [0.15, 0.2) is 11.5 Å². The zero-order chi connectivity index (χ0) is 22.6. The molecule has 0 fully saturated rings. The van der Waals surface area contributed by atoms with Gasteiger partial charge in [-0.05, 0) is 69.1 Å². The van der Waals surface area contributed by atoms with Crippen LogP contribution in [0, 0.1) is 6.92 Å². The van der Waals surface area contributed by atoms with Gasteiger partial charge in [-0.3, -0.25) is 4.98 Å². The molecule has 0 saturated heterocycles. The Morgan fingerprint density at radius 2 is 1.87 bits per heavy atom. The molecule has 0 bridgehead atoms. The van der Waals surface area contributed by atoms with Crippen molar-refractivity contribution in [1.29, 1.82) is 0 Å². The van der Waals surface area contributed by atoms with E-state index in [1.54, 1.807) is 12.3 Å². The molecule has 166 valence electrons. The number of aromatic nitrogens is 1. The van der Waals surface area contributed by atoms with Crippen molar-refractivity contribution in [3.05, 3.63) is 53.7 Å². The number of methoxy groups -OCH3 is 1. The highest BCUT2D eigenvalue weighted by atomic mass is 19.4. The minimum atomic E-state index is -4.41. The van der Waals surface area contributed by atoms with Gasteiger partial charge in [-0.1, -0.05) is 0 Å². The molecular formula is C23H26F3N3O2. The van der Waals surface area contributed by atoms with Crippen LogP contribution >= 0.6 is 0 Å². The molecule has 1 aromatic heterocycles. The van der Waals surface area contributed by atoms with E-state index in [-0.39, 0.29) is 11.8 Å². The first-order valence-electron chi connectivity index (χ1n) is 10.0. The maximum absolute atomic E-state index is 12.9. The molecule has 3 aromatic rings. The van der Waals surface area contributed by atoms with E-state index in [0.29, 0.717) is 23.6 Å². The fourth-order valence-electron chi connectivity index (χ4n) is 3.39. The Hall–Kier alpha value is -3.00. The Morgan fingerprint density at radius 1 is 1.16 bits per heavy atom. The molecule has 31 heavy (non-hydrogen) atoms. The third kappa shape index (κ3) is 5.19. The normalized spacial score (nSPS) is 12.6. The Labute approximate surface area is 179 Å². The molecule has 0 aliphatic carbocycles. The minimum absolute atomic E-state index is 0.167. The van der Waals surface area contributed by atoms with Gasteiger partial charge in [-0.2, -0.15) is 13.2 Å². The molecule has 5 nitrogen and oxygen atoms in total. The van der Waals surface area contributed by atoms with E-state index >= 15 is 0 Å². The third-order valence-electron chi connectivity index (χ3n) is 5.01. The van der Waals surface area contributed by atoms with Gasteiger partial charge < -0.3 is 20.5 Å². The standard InChI is InChI=1S/C23H26F3N3O2/c1-14-10-12-28-21-18(29-15(2)5-4-11-27)13-19(30-3)22(20(14)21)31-17-8-6-16(7-9-17)23(24,25)26/h6-10,12-13,15,29H,4-5,11,27H2,1-3H3. The number of fused-ring (bicyclic) bond motifs is 1. The van der Waals surface area contributed by atoms with Crippen molar-refractivity contribution in [2.75, 3.05) is 19.0 Å². The van der Waals surface area contributed by atoms with Gasteiger partial charge in [0.25, 0.3) is 0 Å². The summed E-state index contributed by atoms with van der Waals surface area (Å²) < 4.78 is 50.2. The first-order chi connectivity index (χ1) is 14.7. The molecule has 0 radical (unpaired) electrons. The smallest absolute Gasteiger partial charge is 0.416 e. The molecule has 3 rings (SSSR count). The van der Waals surface area contributed by atoms with Crippen LogP contribution in [0.25, 0.3) is 10.9 Å². The summed E-state index contributed by atoms with van der Waals surface area (Å²) in [4.78, 5) is 4.53. The Morgan fingerprint density at radius 3 is 2.48 bits per heavy atom. The Bertz CT molecular complexity index is 1040. The van der Waals surface area contributed by atoms with Crippen LogP contribution in [0.1, 0.15) is 30.9 Å². The van der Waals surface area contributed by atoms with Crippen LogP contribution in [0.3, 0.4) is 0 Å². The van der Waals surface area contributed by atoms with E-state index < -0.39 is 11.7 Å². The van der Waals surface area contributed by atoms with Crippen molar-refractivity contribution in [2.24, 2.45) is 5.73 Å². The highest BCUT2D eigenvalue weighted by Gasteiger charge is 2.30. The molecular weight excluding hydrogens is 407 g/mol. The molecule has 0 aliphatic rings. The number of alkyl halides is 3. The molecule has 0 spiro atoms. The summed E-state index contributed by atoms with van der Waals surface area (Å²) in [6, 6.07) is 8.38. The molecule has 0 aliphatic heterocycles. The first kappa shape index (κ1) is 22.7. The number of nitrogens with zero attached hydrogens (tertiary/aromatic N) is 1. The summed E-state index contributed by atoms with van der Waals surface area (Å²) in [6.45, 7) is 4.61. The van der Waals surface area contributed by atoms with Crippen LogP contribution in [0.15, 0.2) is 42.6 Å². The van der Waals surface area contributed by atoms with Crippen molar-refractivity contribution < 1.29 is 22.6 Å². The van der Waals surface area contributed by atoms with Crippen molar-refractivity contribution in [3.63, 3.8) is 0 Å². The number of nitrogens with two attached hydrogens (primary N) is 1. The zero-order valence-electron chi connectivity index (χ0n) is 17.7. The van der Waals surface area contributed by atoms with Crippen LogP contribution in [-0.4, -0.2) is 24.7 Å². The number of hydrogen-bond acceptors (Lipinski definition) is 5. The average Bonchev–Trinajstić information content (AvgIpc) is 2.73. The fraction of sp³-hybridized carbons (Fsp3) is 0.348. The number of pyridine rings is 1. The number of anilines is 1. The van der Waals surface area contributed by atoms with Crippen molar-refractivity contribution >= 4 is 16.6 Å². The molecule has 3 N–H and O–H groups in total. The number of halogens is 3. The number of benzene rings is 2. The number of rotatable bonds is 8. The third-order valence-corrected chi connectivity index (χ3v) is 5.01. The number of nitrogens with one attached hydrogen (secondary N) is 1.